The van der Waals surface area contributed by atoms with E-state index in [1.807, 2.05) is 29.8 Å². The lowest BCUT2D eigenvalue weighted by molar-refractivity contribution is 0.489. The number of aromatic nitrogens is 2. The van der Waals surface area contributed by atoms with Crippen LogP contribution in [0.1, 0.15) is 11.6 Å². The minimum atomic E-state index is 0.424. The fourth-order valence-electron chi connectivity index (χ4n) is 1.22. The van der Waals surface area contributed by atoms with Crippen molar-refractivity contribution >= 4 is 0 Å². The molecular formula is C9H11N3O. The van der Waals surface area contributed by atoms with E-state index < -0.39 is 0 Å². The Labute approximate surface area is 76.0 Å². The summed E-state index contributed by atoms with van der Waals surface area (Å²) < 4.78 is 7.33. The van der Waals surface area contributed by atoms with E-state index in [0.29, 0.717) is 6.54 Å². The molecule has 0 fully saturated rings. The van der Waals surface area contributed by atoms with Gasteiger partial charge in [-0.3, -0.25) is 4.57 Å². The summed E-state index contributed by atoms with van der Waals surface area (Å²) in [7, 11) is 0. The Balaban J connectivity index is 2.41. The van der Waals surface area contributed by atoms with Crippen LogP contribution in [-0.2, 0) is 6.54 Å². The van der Waals surface area contributed by atoms with E-state index in [1.165, 1.54) is 0 Å². The van der Waals surface area contributed by atoms with Crippen LogP contribution < -0.4 is 5.73 Å². The SMILES string of the molecule is Cc1nccn1-c1ccc(CN)o1. The highest BCUT2D eigenvalue weighted by molar-refractivity contribution is 5.23. The lowest BCUT2D eigenvalue weighted by Crippen LogP contribution is -1.95. The lowest BCUT2D eigenvalue weighted by Gasteiger charge is -1.98. The molecule has 68 valence electrons. The first-order valence-corrected chi connectivity index (χ1v) is 4.10. The van der Waals surface area contributed by atoms with Crippen molar-refractivity contribution < 1.29 is 4.42 Å². The Kier molecular flexibility index (Phi) is 1.90. The number of nitrogens with zero attached hydrogens (tertiary/aromatic N) is 2. The molecule has 0 saturated carbocycles. The average Bonchev–Trinajstić information content (AvgIpc) is 2.71. The molecule has 4 heteroatoms. The van der Waals surface area contributed by atoms with Crippen LogP contribution >= 0.6 is 0 Å². The molecule has 2 N–H and O–H groups in total. The van der Waals surface area contributed by atoms with Crippen molar-refractivity contribution in [1.82, 2.24) is 9.55 Å². The van der Waals surface area contributed by atoms with Gasteiger partial charge in [0.25, 0.3) is 0 Å². The second-order valence-corrected chi connectivity index (χ2v) is 2.79. The van der Waals surface area contributed by atoms with Gasteiger partial charge in [-0.1, -0.05) is 0 Å². The number of rotatable bonds is 2. The average molecular weight is 177 g/mol. The van der Waals surface area contributed by atoms with Gasteiger partial charge in [0, 0.05) is 18.5 Å². The van der Waals surface area contributed by atoms with Crippen molar-refractivity contribution in [3.05, 3.63) is 36.1 Å². The van der Waals surface area contributed by atoms with Crippen LogP contribution in [0.15, 0.2) is 28.9 Å². The Bertz CT molecular complexity index is 402. The van der Waals surface area contributed by atoms with E-state index in [9.17, 15) is 0 Å². The molecule has 0 spiro atoms. The van der Waals surface area contributed by atoms with E-state index in [-0.39, 0.29) is 0 Å². The molecule has 2 rings (SSSR count). The van der Waals surface area contributed by atoms with Crippen molar-refractivity contribution in [3.63, 3.8) is 0 Å². The monoisotopic (exact) mass is 177 g/mol. The van der Waals surface area contributed by atoms with Gasteiger partial charge in [0.2, 0.25) is 5.88 Å². The normalized spacial score (nSPS) is 10.6. The Hall–Kier alpha value is -1.55. The molecule has 0 bridgehead atoms. The molecule has 2 aromatic heterocycles. The molecule has 13 heavy (non-hydrogen) atoms. The molecule has 0 saturated heterocycles. The topological polar surface area (TPSA) is 57.0 Å². The molecule has 0 unspecified atom stereocenters. The first kappa shape index (κ1) is 8.07. The van der Waals surface area contributed by atoms with Crippen molar-refractivity contribution in [1.29, 1.82) is 0 Å². The number of furan rings is 1. The molecular weight excluding hydrogens is 166 g/mol. The van der Waals surface area contributed by atoms with Gasteiger partial charge in [-0.15, -0.1) is 0 Å². The predicted molar refractivity (Wildman–Crippen MR) is 48.5 cm³/mol. The highest BCUT2D eigenvalue weighted by Crippen LogP contribution is 2.13. The van der Waals surface area contributed by atoms with Gasteiger partial charge in [0.05, 0.1) is 6.54 Å². The zero-order valence-corrected chi connectivity index (χ0v) is 7.40. The molecule has 2 aromatic rings. The van der Waals surface area contributed by atoms with Gasteiger partial charge in [-0.05, 0) is 13.0 Å². The van der Waals surface area contributed by atoms with Gasteiger partial charge in [0.1, 0.15) is 11.6 Å². The fourth-order valence-corrected chi connectivity index (χ4v) is 1.22. The molecule has 0 aliphatic heterocycles. The molecule has 4 nitrogen and oxygen atoms in total. The Morgan fingerprint density at radius 2 is 2.38 bits per heavy atom. The number of aryl methyl sites for hydroxylation is 1. The summed E-state index contributed by atoms with van der Waals surface area (Å²) in [5.41, 5.74) is 5.44. The van der Waals surface area contributed by atoms with Gasteiger partial charge in [-0.25, -0.2) is 4.98 Å². The number of hydrogen-bond acceptors (Lipinski definition) is 3. The molecule has 0 atom stereocenters. The Morgan fingerprint density at radius 3 is 2.92 bits per heavy atom. The summed E-state index contributed by atoms with van der Waals surface area (Å²) in [5, 5.41) is 0. The zero-order valence-electron chi connectivity index (χ0n) is 7.40. The second kappa shape index (κ2) is 3.06. The van der Waals surface area contributed by atoms with Crippen LogP contribution in [0.4, 0.5) is 0 Å². The summed E-state index contributed by atoms with van der Waals surface area (Å²) in [6, 6.07) is 3.76. The summed E-state index contributed by atoms with van der Waals surface area (Å²) in [6.07, 6.45) is 3.59. The van der Waals surface area contributed by atoms with E-state index in [4.69, 9.17) is 10.2 Å². The summed E-state index contributed by atoms with van der Waals surface area (Å²) >= 11 is 0. The second-order valence-electron chi connectivity index (χ2n) is 2.79. The Morgan fingerprint density at radius 1 is 1.54 bits per heavy atom. The number of nitrogens with two attached hydrogens (primary N) is 1. The third-order valence-corrected chi connectivity index (χ3v) is 1.91. The van der Waals surface area contributed by atoms with E-state index in [2.05, 4.69) is 4.98 Å². The van der Waals surface area contributed by atoms with Crippen molar-refractivity contribution in [3.8, 4) is 5.88 Å². The molecule has 0 radical (unpaired) electrons. The van der Waals surface area contributed by atoms with E-state index in [0.717, 1.165) is 17.5 Å². The third kappa shape index (κ3) is 1.36. The maximum absolute atomic E-state index is 5.46. The molecule has 0 aliphatic carbocycles. The third-order valence-electron chi connectivity index (χ3n) is 1.91. The highest BCUT2D eigenvalue weighted by atomic mass is 16.4. The largest absolute Gasteiger partial charge is 0.443 e. The highest BCUT2D eigenvalue weighted by Gasteiger charge is 2.04. The first-order chi connectivity index (χ1) is 6.31. The predicted octanol–water partition coefficient (Wildman–Crippen LogP) is 1.23. The summed E-state index contributed by atoms with van der Waals surface area (Å²) in [4.78, 5) is 4.10. The van der Waals surface area contributed by atoms with Crippen LogP contribution in [0, 0.1) is 6.92 Å². The number of hydrogen-bond donors (Lipinski definition) is 1. The van der Waals surface area contributed by atoms with Gasteiger partial charge in [0.15, 0.2) is 0 Å². The van der Waals surface area contributed by atoms with Gasteiger partial charge < -0.3 is 10.2 Å². The standard InChI is InChI=1S/C9H11N3O/c1-7-11-4-5-12(7)9-3-2-8(6-10)13-9/h2-5H,6,10H2,1H3. The van der Waals surface area contributed by atoms with Crippen molar-refractivity contribution in [2.45, 2.75) is 13.5 Å². The summed E-state index contributed by atoms with van der Waals surface area (Å²) in [5.74, 6) is 2.44. The minimum absolute atomic E-state index is 0.424. The lowest BCUT2D eigenvalue weighted by atomic mass is 10.4. The summed E-state index contributed by atoms with van der Waals surface area (Å²) in [6.45, 7) is 2.35. The maximum atomic E-state index is 5.46. The van der Waals surface area contributed by atoms with E-state index in [1.54, 1.807) is 6.20 Å². The van der Waals surface area contributed by atoms with Crippen LogP contribution in [0.2, 0.25) is 0 Å². The first-order valence-electron chi connectivity index (χ1n) is 4.10. The van der Waals surface area contributed by atoms with E-state index >= 15 is 0 Å². The number of imidazole rings is 1. The van der Waals surface area contributed by atoms with Gasteiger partial charge >= 0.3 is 0 Å². The van der Waals surface area contributed by atoms with Crippen LogP contribution in [0.5, 0.6) is 0 Å². The molecule has 2 heterocycles. The van der Waals surface area contributed by atoms with Crippen molar-refractivity contribution in [2.75, 3.05) is 0 Å². The van der Waals surface area contributed by atoms with Crippen molar-refractivity contribution in [2.24, 2.45) is 5.73 Å². The maximum Gasteiger partial charge on any atom is 0.205 e. The molecule has 0 aliphatic rings. The fraction of sp³-hybridized carbons (Fsp3) is 0.222. The quantitative estimate of drug-likeness (QED) is 0.750. The zero-order chi connectivity index (χ0) is 9.26. The minimum Gasteiger partial charge on any atom is -0.443 e. The molecule has 0 aromatic carbocycles. The van der Waals surface area contributed by atoms with Crippen LogP contribution in [0.3, 0.4) is 0 Å². The van der Waals surface area contributed by atoms with Gasteiger partial charge in [-0.2, -0.15) is 0 Å². The smallest absolute Gasteiger partial charge is 0.205 e. The van der Waals surface area contributed by atoms with Crippen LogP contribution in [0.25, 0.3) is 5.88 Å². The molecule has 0 amide bonds. The van der Waals surface area contributed by atoms with Crippen LogP contribution in [-0.4, -0.2) is 9.55 Å².